The number of nitrogens with one attached hydrogen (secondary N) is 1. The van der Waals surface area contributed by atoms with Crippen molar-refractivity contribution >= 4 is 27.5 Å². The molecule has 212 valence electrons. The Hall–Kier alpha value is -3.83. The topological polar surface area (TPSA) is 95.9 Å². The highest BCUT2D eigenvalue weighted by Gasteiger charge is 2.45. The number of aromatic nitrogens is 3. The summed E-state index contributed by atoms with van der Waals surface area (Å²) in [6.45, 7) is 5.00. The summed E-state index contributed by atoms with van der Waals surface area (Å²) in [7, 11) is 0. The van der Waals surface area contributed by atoms with Crippen LogP contribution in [-0.4, -0.2) is 82.5 Å². The number of rotatable bonds is 4. The zero-order valence-corrected chi connectivity index (χ0v) is 22.5. The van der Waals surface area contributed by atoms with E-state index in [0.717, 1.165) is 45.3 Å². The molecular weight excluding hydrogens is 530 g/mol. The quantitative estimate of drug-likeness (QED) is 0.384. The van der Waals surface area contributed by atoms with Gasteiger partial charge in [0.15, 0.2) is 5.82 Å². The zero-order valence-electron chi connectivity index (χ0n) is 22.5. The van der Waals surface area contributed by atoms with Crippen molar-refractivity contribution in [1.29, 1.82) is 0 Å². The minimum Gasteiger partial charge on any atom is -0.508 e. The molecule has 4 aliphatic rings. The molecule has 0 radical (unpaired) electrons. The van der Waals surface area contributed by atoms with Crippen molar-refractivity contribution < 1.29 is 23.4 Å². The lowest BCUT2D eigenvalue weighted by molar-refractivity contribution is 0.108. The van der Waals surface area contributed by atoms with Crippen LogP contribution < -0.4 is 19.7 Å². The third-order valence-electron chi connectivity index (χ3n) is 9.18. The molecule has 2 aromatic heterocycles. The molecule has 6 heterocycles. The van der Waals surface area contributed by atoms with Crippen LogP contribution >= 0.6 is 0 Å². The van der Waals surface area contributed by atoms with Crippen molar-refractivity contribution in [3.63, 3.8) is 0 Å². The van der Waals surface area contributed by atoms with Crippen LogP contribution in [-0.2, 0) is 0 Å². The number of phenolic OH excluding ortho intramolecular Hbond substituents is 1. The lowest BCUT2D eigenvalue weighted by Crippen LogP contribution is -2.53. The van der Waals surface area contributed by atoms with Gasteiger partial charge in [0, 0.05) is 25.2 Å². The highest BCUT2D eigenvalue weighted by molar-refractivity contribution is 6.02. The third kappa shape index (κ3) is 3.97. The van der Waals surface area contributed by atoms with Gasteiger partial charge in [-0.3, -0.25) is 4.90 Å². The van der Waals surface area contributed by atoms with Crippen LogP contribution in [0.1, 0.15) is 25.7 Å². The standard InChI is InChI=1S/C30H30F2N6O3/c31-18-4-3-17-11-20(39)13-22(21(17)12-18)25-24(32)26-23-27(38-10-7-33-14-19(38)15-40-28(23)34-25)36-29(35-26)41-16-30-5-1-8-37(30)9-2-6-30/h3-4,11-13,19,33,39H,1-2,5-10,14-16H2/t19-/m0/s1. The number of aromatic hydroxyl groups is 1. The average molecular weight is 561 g/mol. The monoisotopic (exact) mass is 560 g/mol. The largest absolute Gasteiger partial charge is 0.508 e. The molecule has 2 aromatic carbocycles. The molecule has 41 heavy (non-hydrogen) atoms. The second-order valence-electron chi connectivity index (χ2n) is 11.6. The number of piperazine rings is 1. The predicted octanol–water partition coefficient (Wildman–Crippen LogP) is 4.01. The second-order valence-corrected chi connectivity index (χ2v) is 11.6. The van der Waals surface area contributed by atoms with Gasteiger partial charge in [-0.2, -0.15) is 9.97 Å². The molecule has 3 saturated heterocycles. The van der Waals surface area contributed by atoms with Gasteiger partial charge in [0.05, 0.1) is 11.6 Å². The first-order valence-corrected chi connectivity index (χ1v) is 14.3. The fourth-order valence-corrected chi connectivity index (χ4v) is 7.19. The number of phenols is 1. The van der Waals surface area contributed by atoms with Gasteiger partial charge in [-0.1, -0.05) is 6.07 Å². The van der Waals surface area contributed by atoms with Crippen LogP contribution in [0.5, 0.6) is 17.6 Å². The van der Waals surface area contributed by atoms with Gasteiger partial charge in [-0.15, -0.1) is 0 Å². The smallest absolute Gasteiger partial charge is 0.319 e. The molecule has 0 unspecified atom stereocenters. The number of pyridine rings is 1. The maximum Gasteiger partial charge on any atom is 0.319 e. The fourth-order valence-electron chi connectivity index (χ4n) is 7.19. The lowest BCUT2D eigenvalue weighted by atomic mass is 9.95. The van der Waals surface area contributed by atoms with Gasteiger partial charge < -0.3 is 24.8 Å². The molecule has 4 aromatic rings. The molecule has 4 aliphatic heterocycles. The summed E-state index contributed by atoms with van der Waals surface area (Å²) in [5.74, 6) is -0.513. The fraction of sp³-hybridized carbons (Fsp3) is 0.433. The number of fused-ring (bicyclic) bond motifs is 4. The summed E-state index contributed by atoms with van der Waals surface area (Å²) in [6, 6.07) is 7.14. The Labute approximate surface area is 235 Å². The van der Waals surface area contributed by atoms with Gasteiger partial charge in [0.25, 0.3) is 0 Å². The van der Waals surface area contributed by atoms with Crippen molar-refractivity contribution in [3.05, 3.63) is 42.0 Å². The van der Waals surface area contributed by atoms with Gasteiger partial charge in [0.1, 0.15) is 47.2 Å². The van der Waals surface area contributed by atoms with E-state index in [2.05, 4.69) is 25.1 Å². The van der Waals surface area contributed by atoms with Crippen LogP contribution in [0.2, 0.25) is 0 Å². The predicted molar refractivity (Wildman–Crippen MR) is 150 cm³/mol. The highest BCUT2D eigenvalue weighted by atomic mass is 19.1. The molecule has 0 aliphatic carbocycles. The Bertz CT molecular complexity index is 1690. The van der Waals surface area contributed by atoms with E-state index in [0.29, 0.717) is 48.3 Å². The SMILES string of the molecule is Oc1cc(-c2nc3c4c(nc(OCC56CCCN5CCC6)nc4c2F)N2CCNC[C@H]2CO3)c2cc(F)ccc2c1. The number of ether oxygens (including phenoxy) is 2. The van der Waals surface area contributed by atoms with E-state index in [9.17, 15) is 9.50 Å². The molecule has 0 spiro atoms. The van der Waals surface area contributed by atoms with Gasteiger partial charge in [0.2, 0.25) is 5.88 Å². The number of anilines is 1. The van der Waals surface area contributed by atoms with Gasteiger partial charge in [-0.05, 0) is 73.8 Å². The normalized spacial score (nSPS) is 21.5. The van der Waals surface area contributed by atoms with Crippen LogP contribution in [0, 0.1) is 11.6 Å². The summed E-state index contributed by atoms with van der Waals surface area (Å²) >= 11 is 0. The maximum absolute atomic E-state index is 16.6. The van der Waals surface area contributed by atoms with E-state index in [1.54, 1.807) is 6.07 Å². The van der Waals surface area contributed by atoms with Crippen LogP contribution in [0.25, 0.3) is 32.9 Å². The van der Waals surface area contributed by atoms with Gasteiger partial charge >= 0.3 is 6.01 Å². The van der Waals surface area contributed by atoms with Crippen LogP contribution in [0.3, 0.4) is 0 Å². The molecule has 11 heteroatoms. The van der Waals surface area contributed by atoms with Crippen molar-refractivity contribution in [1.82, 2.24) is 25.2 Å². The minimum absolute atomic E-state index is 0.0230. The first-order valence-electron chi connectivity index (χ1n) is 14.3. The molecule has 1 atom stereocenters. The summed E-state index contributed by atoms with van der Waals surface area (Å²) < 4.78 is 43.5. The molecule has 0 bridgehead atoms. The summed E-state index contributed by atoms with van der Waals surface area (Å²) in [5, 5.41) is 15.2. The van der Waals surface area contributed by atoms with Crippen LogP contribution in [0.15, 0.2) is 30.3 Å². The number of nitrogens with zero attached hydrogens (tertiary/aromatic N) is 5. The Morgan fingerprint density at radius 2 is 1.93 bits per heavy atom. The van der Waals surface area contributed by atoms with Crippen molar-refractivity contribution in [2.45, 2.75) is 37.3 Å². The molecular formula is C30H30F2N6O3. The molecule has 0 amide bonds. The first kappa shape index (κ1) is 24.9. The number of benzene rings is 2. The second kappa shape index (κ2) is 9.35. The Kier molecular flexibility index (Phi) is 5.68. The summed E-state index contributed by atoms with van der Waals surface area (Å²) in [5.41, 5.74) is 0.176. The summed E-state index contributed by atoms with van der Waals surface area (Å²) in [4.78, 5) is 18.7. The number of halogens is 2. The Morgan fingerprint density at radius 3 is 2.78 bits per heavy atom. The van der Waals surface area contributed by atoms with E-state index >= 15 is 4.39 Å². The maximum atomic E-state index is 16.6. The highest BCUT2D eigenvalue weighted by Crippen LogP contribution is 2.43. The Balaban J connectivity index is 1.32. The molecule has 3 fully saturated rings. The van der Waals surface area contributed by atoms with Gasteiger partial charge in [-0.25, -0.2) is 13.8 Å². The van der Waals surface area contributed by atoms with E-state index in [1.807, 2.05) is 0 Å². The van der Waals surface area contributed by atoms with E-state index in [1.165, 1.54) is 24.3 Å². The third-order valence-corrected chi connectivity index (χ3v) is 9.18. The minimum atomic E-state index is -0.702. The first-order chi connectivity index (χ1) is 20.0. The summed E-state index contributed by atoms with van der Waals surface area (Å²) in [6.07, 6.45) is 4.40. The number of hydrogen-bond acceptors (Lipinski definition) is 9. The van der Waals surface area contributed by atoms with E-state index in [-0.39, 0.29) is 46.0 Å². The van der Waals surface area contributed by atoms with Crippen LogP contribution in [0.4, 0.5) is 14.6 Å². The lowest BCUT2D eigenvalue weighted by Gasteiger charge is -2.35. The average Bonchev–Trinajstić information content (AvgIpc) is 3.52. The van der Waals surface area contributed by atoms with Crippen molar-refractivity contribution in [2.24, 2.45) is 0 Å². The Morgan fingerprint density at radius 1 is 1.07 bits per heavy atom. The van der Waals surface area contributed by atoms with Crippen molar-refractivity contribution in [2.75, 3.05) is 50.8 Å². The molecule has 2 N–H and O–H groups in total. The van der Waals surface area contributed by atoms with E-state index < -0.39 is 11.6 Å². The molecule has 8 rings (SSSR count). The van der Waals surface area contributed by atoms with Crippen molar-refractivity contribution in [3.8, 4) is 28.9 Å². The van der Waals surface area contributed by atoms with E-state index in [4.69, 9.17) is 14.5 Å². The molecule has 9 nitrogen and oxygen atoms in total. The molecule has 0 saturated carbocycles. The number of hydrogen-bond donors (Lipinski definition) is 2. The zero-order chi connectivity index (χ0) is 27.7.